The van der Waals surface area contributed by atoms with Crippen LogP contribution in [0.2, 0.25) is 0 Å². The van der Waals surface area contributed by atoms with E-state index in [-0.39, 0.29) is 5.41 Å². The van der Waals surface area contributed by atoms with Gasteiger partial charge in [-0.2, -0.15) is 5.26 Å². The van der Waals surface area contributed by atoms with Gasteiger partial charge in [0.05, 0.1) is 18.6 Å². The van der Waals surface area contributed by atoms with Gasteiger partial charge < -0.3 is 10.1 Å². The molecule has 1 aromatic carbocycles. The van der Waals surface area contributed by atoms with Gasteiger partial charge in [-0.1, -0.05) is 12.1 Å². The first kappa shape index (κ1) is 16.5. The van der Waals surface area contributed by atoms with Gasteiger partial charge in [0.2, 0.25) is 0 Å². The van der Waals surface area contributed by atoms with Crippen molar-refractivity contribution in [1.29, 1.82) is 5.26 Å². The van der Waals surface area contributed by atoms with Gasteiger partial charge in [0, 0.05) is 25.0 Å². The van der Waals surface area contributed by atoms with E-state index in [0.29, 0.717) is 6.04 Å². The first-order valence-corrected chi connectivity index (χ1v) is 8.44. The van der Waals surface area contributed by atoms with Crippen LogP contribution in [0.3, 0.4) is 0 Å². The summed E-state index contributed by atoms with van der Waals surface area (Å²) in [5.41, 5.74) is 1.94. The third-order valence-electron chi connectivity index (χ3n) is 5.02. The monoisotopic (exact) mass is 321 g/mol. The van der Waals surface area contributed by atoms with E-state index in [1.54, 1.807) is 7.11 Å². The van der Waals surface area contributed by atoms with Gasteiger partial charge in [-0.05, 0) is 61.1 Å². The van der Waals surface area contributed by atoms with Gasteiger partial charge in [-0.25, -0.2) is 0 Å². The highest BCUT2D eigenvalue weighted by molar-refractivity contribution is 5.38. The van der Waals surface area contributed by atoms with Gasteiger partial charge in [-0.15, -0.1) is 0 Å². The van der Waals surface area contributed by atoms with Crippen LogP contribution in [-0.2, 0) is 12.0 Å². The number of rotatable bonds is 5. The maximum absolute atomic E-state index is 9.83. The first-order valence-electron chi connectivity index (χ1n) is 8.44. The van der Waals surface area contributed by atoms with Gasteiger partial charge >= 0.3 is 0 Å². The molecule has 0 radical (unpaired) electrons. The van der Waals surface area contributed by atoms with Crippen molar-refractivity contribution in [3.8, 4) is 11.8 Å². The molecular weight excluding hydrogens is 298 g/mol. The molecule has 0 amide bonds. The highest BCUT2D eigenvalue weighted by Crippen LogP contribution is 2.40. The van der Waals surface area contributed by atoms with E-state index in [0.717, 1.165) is 43.5 Å². The maximum atomic E-state index is 9.83. The highest BCUT2D eigenvalue weighted by atomic mass is 16.5. The summed E-state index contributed by atoms with van der Waals surface area (Å²) < 4.78 is 5.32. The molecule has 4 nitrogen and oxygen atoms in total. The fourth-order valence-corrected chi connectivity index (χ4v) is 3.46. The molecule has 0 unspecified atom stereocenters. The van der Waals surface area contributed by atoms with Crippen molar-refractivity contribution in [2.45, 2.75) is 43.7 Å². The molecule has 1 aromatic heterocycles. The Morgan fingerprint density at radius 2 is 2.00 bits per heavy atom. The number of nitriles is 1. The summed E-state index contributed by atoms with van der Waals surface area (Å²) in [6.07, 6.45) is 7.42. The molecule has 0 atom stereocenters. The Morgan fingerprint density at radius 3 is 2.67 bits per heavy atom. The van der Waals surface area contributed by atoms with Crippen LogP contribution in [0.25, 0.3) is 0 Å². The Balaban J connectivity index is 1.62. The van der Waals surface area contributed by atoms with Crippen LogP contribution in [0.4, 0.5) is 0 Å². The predicted octanol–water partition coefficient (Wildman–Crippen LogP) is 3.58. The molecule has 0 saturated heterocycles. The van der Waals surface area contributed by atoms with Crippen LogP contribution in [0.15, 0.2) is 48.8 Å². The SMILES string of the molecule is COc1cccc([C@]2(C#N)CC[C@@H](NCc3ccncc3)CC2)c1. The van der Waals surface area contributed by atoms with E-state index in [2.05, 4.69) is 22.4 Å². The molecule has 24 heavy (non-hydrogen) atoms. The van der Waals surface area contributed by atoms with Crippen molar-refractivity contribution < 1.29 is 4.74 Å². The van der Waals surface area contributed by atoms with Crippen molar-refractivity contribution in [2.75, 3.05) is 7.11 Å². The molecule has 124 valence electrons. The molecular formula is C20H23N3O. The van der Waals surface area contributed by atoms with Crippen LogP contribution in [-0.4, -0.2) is 18.1 Å². The minimum absolute atomic E-state index is 0.386. The van der Waals surface area contributed by atoms with Crippen LogP contribution in [0.1, 0.15) is 36.8 Å². The Labute approximate surface area is 143 Å². The van der Waals surface area contributed by atoms with E-state index in [4.69, 9.17) is 4.74 Å². The van der Waals surface area contributed by atoms with E-state index in [1.807, 2.05) is 42.7 Å². The van der Waals surface area contributed by atoms with Crippen LogP contribution in [0.5, 0.6) is 5.75 Å². The van der Waals surface area contributed by atoms with E-state index in [9.17, 15) is 5.26 Å². The Hall–Kier alpha value is -2.38. The molecule has 1 heterocycles. The number of hydrogen-bond donors (Lipinski definition) is 1. The number of hydrogen-bond acceptors (Lipinski definition) is 4. The lowest BCUT2D eigenvalue weighted by molar-refractivity contribution is 0.294. The molecule has 1 N–H and O–H groups in total. The lowest BCUT2D eigenvalue weighted by Gasteiger charge is -2.36. The van der Waals surface area contributed by atoms with Crippen molar-refractivity contribution in [3.05, 3.63) is 59.9 Å². The lowest BCUT2D eigenvalue weighted by Crippen LogP contribution is -2.38. The summed E-state index contributed by atoms with van der Waals surface area (Å²) in [5, 5.41) is 13.4. The molecule has 0 spiro atoms. The number of pyridine rings is 1. The zero-order chi connectivity index (χ0) is 16.8. The Bertz CT molecular complexity index is 700. The molecule has 1 aliphatic carbocycles. The number of nitrogens with one attached hydrogen (secondary N) is 1. The smallest absolute Gasteiger partial charge is 0.119 e. The van der Waals surface area contributed by atoms with Gasteiger partial charge in [0.25, 0.3) is 0 Å². The minimum Gasteiger partial charge on any atom is -0.497 e. The average Bonchev–Trinajstić information content (AvgIpc) is 2.67. The maximum Gasteiger partial charge on any atom is 0.119 e. The standard InChI is InChI=1S/C20H23N3O/c1-24-19-4-2-3-17(13-19)20(15-21)9-5-18(6-10-20)23-14-16-7-11-22-12-8-16/h2-4,7-8,11-13,18,23H,5-6,9-10,14H2,1H3/t18-,20-. The summed E-state index contributed by atoms with van der Waals surface area (Å²) in [5.74, 6) is 0.820. The number of benzene rings is 1. The third kappa shape index (κ3) is 3.58. The summed E-state index contributed by atoms with van der Waals surface area (Å²) >= 11 is 0. The molecule has 3 rings (SSSR count). The fourth-order valence-electron chi connectivity index (χ4n) is 3.46. The number of aromatic nitrogens is 1. The Morgan fingerprint density at radius 1 is 1.25 bits per heavy atom. The van der Waals surface area contributed by atoms with Crippen molar-refractivity contribution in [2.24, 2.45) is 0 Å². The summed E-state index contributed by atoms with van der Waals surface area (Å²) in [4.78, 5) is 4.04. The quantitative estimate of drug-likeness (QED) is 0.914. The largest absolute Gasteiger partial charge is 0.497 e. The van der Waals surface area contributed by atoms with Gasteiger partial charge in [0.15, 0.2) is 0 Å². The van der Waals surface area contributed by atoms with Crippen molar-refractivity contribution in [3.63, 3.8) is 0 Å². The van der Waals surface area contributed by atoms with Crippen LogP contribution in [0, 0.1) is 11.3 Å². The molecule has 0 bridgehead atoms. The summed E-state index contributed by atoms with van der Waals surface area (Å²) in [6.45, 7) is 0.853. The van der Waals surface area contributed by atoms with Gasteiger partial charge in [0.1, 0.15) is 5.75 Å². The van der Waals surface area contributed by atoms with Crippen LogP contribution >= 0.6 is 0 Å². The molecule has 0 aliphatic heterocycles. The fraction of sp³-hybridized carbons (Fsp3) is 0.400. The Kier molecular flexibility index (Phi) is 5.12. The minimum atomic E-state index is -0.386. The van der Waals surface area contributed by atoms with E-state index in [1.165, 1.54) is 5.56 Å². The highest BCUT2D eigenvalue weighted by Gasteiger charge is 2.37. The average molecular weight is 321 g/mol. The zero-order valence-electron chi connectivity index (χ0n) is 14.0. The molecule has 1 saturated carbocycles. The van der Waals surface area contributed by atoms with Crippen molar-refractivity contribution in [1.82, 2.24) is 10.3 Å². The normalized spacial score (nSPS) is 23.4. The number of nitrogens with zero attached hydrogens (tertiary/aromatic N) is 2. The molecule has 1 aliphatic rings. The third-order valence-corrected chi connectivity index (χ3v) is 5.02. The number of ether oxygens (including phenoxy) is 1. The second-order valence-corrected chi connectivity index (χ2v) is 6.44. The predicted molar refractivity (Wildman–Crippen MR) is 93.6 cm³/mol. The molecule has 2 aromatic rings. The van der Waals surface area contributed by atoms with Crippen LogP contribution < -0.4 is 10.1 Å². The molecule has 4 heteroatoms. The zero-order valence-corrected chi connectivity index (χ0v) is 14.0. The van der Waals surface area contributed by atoms with Crippen molar-refractivity contribution >= 4 is 0 Å². The van der Waals surface area contributed by atoms with E-state index >= 15 is 0 Å². The summed E-state index contributed by atoms with van der Waals surface area (Å²) in [7, 11) is 1.66. The topological polar surface area (TPSA) is 57.9 Å². The second-order valence-electron chi connectivity index (χ2n) is 6.44. The second kappa shape index (κ2) is 7.46. The summed E-state index contributed by atoms with van der Waals surface area (Å²) in [6, 6.07) is 15.1. The molecule has 1 fully saturated rings. The van der Waals surface area contributed by atoms with Gasteiger partial charge in [-0.3, -0.25) is 4.98 Å². The number of methoxy groups -OCH3 is 1. The van der Waals surface area contributed by atoms with E-state index < -0.39 is 0 Å². The first-order chi connectivity index (χ1) is 11.8. The lowest BCUT2D eigenvalue weighted by atomic mass is 9.69.